The van der Waals surface area contributed by atoms with Crippen LogP contribution in [0.4, 0.5) is 4.79 Å². The molecule has 2 aromatic carbocycles. The average molecular weight is 456 g/mol. The molecule has 3 N–H and O–H groups in total. The Balaban J connectivity index is 1.32. The second-order valence-electron chi connectivity index (χ2n) is 9.00. The smallest absolute Gasteiger partial charge is 0.315 e. The summed E-state index contributed by atoms with van der Waals surface area (Å²) in [7, 11) is 0. The summed E-state index contributed by atoms with van der Waals surface area (Å²) in [5, 5.41) is 1.14. The van der Waals surface area contributed by atoms with Crippen LogP contribution in [0.2, 0.25) is 0 Å². The molecule has 3 unspecified atom stereocenters. The van der Waals surface area contributed by atoms with Crippen LogP contribution in [0.1, 0.15) is 36.9 Å². The number of ether oxygens (including phenoxy) is 1. The van der Waals surface area contributed by atoms with Crippen molar-refractivity contribution in [1.29, 1.82) is 0 Å². The van der Waals surface area contributed by atoms with Crippen LogP contribution in [0.5, 0.6) is 5.75 Å². The molecule has 0 saturated carbocycles. The summed E-state index contributed by atoms with van der Waals surface area (Å²) < 4.78 is 6.36. The van der Waals surface area contributed by atoms with Crippen molar-refractivity contribution in [3.63, 3.8) is 0 Å². The van der Waals surface area contributed by atoms with E-state index in [9.17, 15) is 4.79 Å². The van der Waals surface area contributed by atoms with Gasteiger partial charge >= 0.3 is 6.03 Å². The number of nitrogens with one attached hydrogen (secondary N) is 1. The fraction of sp³-hybridized carbons (Fsp3) is 0.296. The molecule has 174 valence electrons. The number of likely N-dealkylation sites (tertiary alicyclic amines) is 1. The van der Waals surface area contributed by atoms with E-state index in [1.807, 2.05) is 24.4 Å². The minimum absolute atomic E-state index is 0.00317. The van der Waals surface area contributed by atoms with E-state index in [1.165, 1.54) is 11.1 Å². The molecule has 34 heavy (non-hydrogen) atoms. The van der Waals surface area contributed by atoms with Crippen molar-refractivity contribution in [3.8, 4) is 16.9 Å². The fourth-order valence-corrected chi connectivity index (χ4v) is 5.05. The van der Waals surface area contributed by atoms with Crippen molar-refractivity contribution in [2.75, 3.05) is 6.54 Å². The average Bonchev–Trinajstić information content (AvgIpc) is 3.40. The summed E-state index contributed by atoms with van der Waals surface area (Å²) in [5.74, 6) is 0.902. The molecule has 7 heteroatoms. The molecule has 1 aliphatic rings. The number of aromatic amines is 1. The van der Waals surface area contributed by atoms with Crippen LogP contribution >= 0.6 is 0 Å². The Morgan fingerprint density at radius 2 is 2.03 bits per heavy atom. The lowest BCUT2D eigenvalue weighted by molar-refractivity contribution is 0.0674. The SMILES string of the molecule is Cc1c(-c2ccc(OC3CCN(C(N)=O)C(C(C)c4cnc[nH]4)C3)cc2)ccc2cccnc12. The number of aryl methyl sites for hydroxylation is 1. The first kappa shape index (κ1) is 21.9. The summed E-state index contributed by atoms with van der Waals surface area (Å²) in [6.45, 7) is 4.78. The molecule has 1 saturated heterocycles. The van der Waals surface area contributed by atoms with E-state index in [0.29, 0.717) is 13.0 Å². The van der Waals surface area contributed by atoms with E-state index < -0.39 is 0 Å². The lowest BCUT2D eigenvalue weighted by Gasteiger charge is -2.41. The molecule has 1 fully saturated rings. The maximum Gasteiger partial charge on any atom is 0.315 e. The second-order valence-corrected chi connectivity index (χ2v) is 9.00. The minimum atomic E-state index is -0.389. The van der Waals surface area contributed by atoms with Gasteiger partial charge in [0.1, 0.15) is 11.9 Å². The first-order chi connectivity index (χ1) is 16.5. The number of fused-ring (bicyclic) bond motifs is 1. The third kappa shape index (κ3) is 4.21. The number of nitrogens with two attached hydrogens (primary N) is 1. The molecule has 7 nitrogen and oxygen atoms in total. The predicted octanol–water partition coefficient (Wildman–Crippen LogP) is 5.03. The van der Waals surface area contributed by atoms with Gasteiger partial charge in [-0.05, 0) is 41.8 Å². The summed E-state index contributed by atoms with van der Waals surface area (Å²) in [6, 6.07) is 16.1. The molecule has 2 aromatic heterocycles. The van der Waals surface area contributed by atoms with Gasteiger partial charge in [-0.2, -0.15) is 0 Å². The molecule has 3 atom stereocenters. The van der Waals surface area contributed by atoms with Gasteiger partial charge in [0.05, 0.1) is 11.8 Å². The minimum Gasteiger partial charge on any atom is -0.490 e. The highest BCUT2D eigenvalue weighted by molar-refractivity contribution is 5.88. The Morgan fingerprint density at radius 3 is 2.76 bits per heavy atom. The normalized spacial score (nSPS) is 19.2. The Labute approximate surface area is 199 Å². The maximum atomic E-state index is 12.1. The van der Waals surface area contributed by atoms with E-state index in [1.54, 1.807) is 17.4 Å². The zero-order chi connectivity index (χ0) is 23.7. The number of piperidine rings is 1. The summed E-state index contributed by atoms with van der Waals surface area (Å²) in [6.07, 6.45) is 6.75. The summed E-state index contributed by atoms with van der Waals surface area (Å²) >= 11 is 0. The molecule has 2 amide bonds. The van der Waals surface area contributed by atoms with Crippen LogP contribution in [-0.2, 0) is 0 Å². The Bertz CT molecular complexity index is 1290. The monoisotopic (exact) mass is 455 g/mol. The van der Waals surface area contributed by atoms with Gasteiger partial charge < -0.3 is 20.4 Å². The van der Waals surface area contributed by atoms with Crippen molar-refractivity contribution in [1.82, 2.24) is 19.9 Å². The second kappa shape index (κ2) is 9.17. The molecular weight excluding hydrogens is 426 g/mol. The number of pyridine rings is 1. The third-order valence-corrected chi connectivity index (χ3v) is 6.96. The Hall–Kier alpha value is -3.87. The highest BCUT2D eigenvalue weighted by atomic mass is 16.5. The van der Waals surface area contributed by atoms with Crippen LogP contribution in [-0.4, -0.2) is 44.6 Å². The number of hydrogen-bond donors (Lipinski definition) is 2. The third-order valence-electron chi connectivity index (χ3n) is 6.96. The summed E-state index contributed by atoms with van der Waals surface area (Å²) in [5.41, 5.74) is 11.2. The molecule has 0 bridgehead atoms. The highest BCUT2D eigenvalue weighted by Gasteiger charge is 2.36. The van der Waals surface area contributed by atoms with Crippen LogP contribution in [0.3, 0.4) is 0 Å². The van der Waals surface area contributed by atoms with Crippen molar-refractivity contribution in [2.24, 2.45) is 5.73 Å². The number of imidazole rings is 1. The zero-order valence-corrected chi connectivity index (χ0v) is 19.4. The van der Waals surface area contributed by atoms with Crippen LogP contribution in [0.15, 0.2) is 67.3 Å². The van der Waals surface area contributed by atoms with Gasteiger partial charge in [0.15, 0.2) is 0 Å². The van der Waals surface area contributed by atoms with Crippen molar-refractivity contribution in [2.45, 2.75) is 44.8 Å². The zero-order valence-electron chi connectivity index (χ0n) is 19.4. The fourth-order valence-electron chi connectivity index (χ4n) is 5.05. The van der Waals surface area contributed by atoms with Crippen LogP contribution in [0.25, 0.3) is 22.0 Å². The number of carbonyl (C=O) groups is 1. The maximum absolute atomic E-state index is 12.1. The Kier molecular flexibility index (Phi) is 5.92. The molecule has 0 spiro atoms. The van der Waals surface area contributed by atoms with E-state index in [2.05, 4.69) is 59.1 Å². The van der Waals surface area contributed by atoms with Gasteiger partial charge in [0, 0.05) is 54.8 Å². The van der Waals surface area contributed by atoms with Crippen LogP contribution in [0, 0.1) is 6.92 Å². The van der Waals surface area contributed by atoms with Crippen molar-refractivity contribution >= 4 is 16.9 Å². The lowest BCUT2D eigenvalue weighted by atomic mass is 9.88. The molecule has 0 aliphatic carbocycles. The van der Waals surface area contributed by atoms with Gasteiger partial charge in [-0.3, -0.25) is 4.98 Å². The van der Waals surface area contributed by atoms with Gasteiger partial charge in [0.25, 0.3) is 0 Å². The van der Waals surface area contributed by atoms with Gasteiger partial charge in [-0.1, -0.05) is 37.3 Å². The van der Waals surface area contributed by atoms with E-state index in [4.69, 9.17) is 10.5 Å². The Morgan fingerprint density at radius 1 is 1.21 bits per heavy atom. The largest absolute Gasteiger partial charge is 0.490 e. The number of urea groups is 1. The number of primary amides is 1. The first-order valence-electron chi connectivity index (χ1n) is 11.7. The van der Waals surface area contributed by atoms with E-state index >= 15 is 0 Å². The molecular formula is C27H29N5O2. The topological polar surface area (TPSA) is 97.1 Å². The number of hydrogen-bond acceptors (Lipinski definition) is 4. The number of carbonyl (C=O) groups excluding carboxylic acids is 1. The van der Waals surface area contributed by atoms with Crippen LogP contribution < -0.4 is 10.5 Å². The molecule has 1 aliphatic heterocycles. The van der Waals surface area contributed by atoms with Gasteiger partial charge in [-0.25, -0.2) is 9.78 Å². The number of aromatic nitrogens is 3. The van der Waals surface area contributed by atoms with Gasteiger partial charge in [-0.15, -0.1) is 0 Å². The van der Waals surface area contributed by atoms with Crippen molar-refractivity contribution < 1.29 is 9.53 Å². The molecule has 5 rings (SSSR count). The number of rotatable bonds is 5. The van der Waals surface area contributed by atoms with Gasteiger partial charge in [0.2, 0.25) is 0 Å². The van der Waals surface area contributed by atoms with E-state index in [-0.39, 0.29) is 24.1 Å². The number of benzene rings is 2. The van der Waals surface area contributed by atoms with Crippen molar-refractivity contribution in [3.05, 3.63) is 78.5 Å². The summed E-state index contributed by atoms with van der Waals surface area (Å²) in [4.78, 5) is 25.7. The number of amides is 2. The molecule has 0 radical (unpaired) electrons. The highest BCUT2D eigenvalue weighted by Crippen LogP contribution is 2.33. The quantitative estimate of drug-likeness (QED) is 0.441. The molecule has 3 heterocycles. The standard InChI is InChI=1S/C27H29N5O2/c1-17-23(10-7-20-4-3-12-30-26(17)20)19-5-8-21(9-6-19)34-22-11-13-32(27(28)33)25(14-22)18(2)24-15-29-16-31-24/h3-10,12,15-16,18,22,25H,11,13-14H2,1-2H3,(H2,28,33)(H,29,31). The van der Waals surface area contributed by atoms with E-state index in [0.717, 1.165) is 34.3 Å². The molecule has 4 aromatic rings. The first-order valence-corrected chi connectivity index (χ1v) is 11.7. The predicted molar refractivity (Wildman–Crippen MR) is 133 cm³/mol. The lowest BCUT2D eigenvalue weighted by Crippen LogP contribution is -2.52. The number of nitrogens with zero attached hydrogens (tertiary/aromatic N) is 3. The number of H-pyrrole nitrogens is 1.